The van der Waals surface area contributed by atoms with Crippen molar-refractivity contribution in [1.29, 1.82) is 0 Å². The van der Waals surface area contributed by atoms with E-state index in [-0.39, 0.29) is 35.9 Å². The highest BCUT2D eigenvalue weighted by molar-refractivity contribution is 7.89. The topological polar surface area (TPSA) is 110 Å². The third kappa shape index (κ3) is 5.46. The number of carbonyl (C=O) groups is 2. The lowest BCUT2D eigenvalue weighted by Gasteiger charge is -2.34. The van der Waals surface area contributed by atoms with Crippen molar-refractivity contribution in [2.45, 2.75) is 31.1 Å². The molecule has 1 heterocycles. The van der Waals surface area contributed by atoms with Gasteiger partial charge < -0.3 is 15.4 Å². The molecular weight excluding hydrogens is 430 g/mol. The van der Waals surface area contributed by atoms with E-state index in [0.29, 0.717) is 24.4 Å². The molecule has 0 unspecified atom stereocenters. The van der Waals surface area contributed by atoms with Gasteiger partial charge in [-0.25, -0.2) is 8.42 Å². The maximum absolute atomic E-state index is 13.0. The van der Waals surface area contributed by atoms with Crippen molar-refractivity contribution in [3.8, 4) is 5.75 Å². The van der Waals surface area contributed by atoms with Crippen LogP contribution in [0, 0.1) is 0 Å². The van der Waals surface area contributed by atoms with E-state index in [0.717, 1.165) is 5.56 Å². The zero-order valence-corrected chi connectivity index (χ0v) is 19.4. The Hall–Kier alpha value is -2.91. The van der Waals surface area contributed by atoms with Crippen molar-refractivity contribution in [3.05, 3.63) is 59.7 Å². The Morgan fingerprint density at radius 3 is 2.00 bits per heavy atom. The Labute approximate surface area is 189 Å². The number of primary amides is 1. The van der Waals surface area contributed by atoms with Gasteiger partial charge in [-0.05, 0) is 47.4 Å². The van der Waals surface area contributed by atoms with Gasteiger partial charge in [0, 0.05) is 31.7 Å². The molecule has 1 aliphatic rings. The number of benzene rings is 2. The van der Waals surface area contributed by atoms with Crippen molar-refractivity contribution < 1.29 is 22.7 Å². The molecule has 0 aromatic heterocycles. The highest BCUT2D eigenvalue weighted by Crippen LogP contribution is 2.25. The molecule has 2 N–H and O–H groups in total. The first-order valence-corrected chi connectivity index (χ1v) is 11.8. The van der Waals surface area contributed by atoms with Gasteiger partial charge in [0.25, 0.3) is 11.8 Å². The second-order valence-corrected chi connectivity index (χ2v) is 10.7. The lowest BCUT2D eigenvalue weighted by molar-refractivity contribution is -0.119. The van der Waals surface area contributed by atoms with Crippen LogP contribution in [0.1, 0.15) is 36.7 Å². The molecule has 2 aromatic carbocycles. The zero-order valence-electron chi connectivity index (χ0n) is 18.6. The number of ether oxygens (including phenoxy) is 1. The largest absolute Gasteiger partial charge is 0.484 e. The van der Waals surface area contributed by atoms with E-state index in [1.165, 1.54) is 4.31 Å². The molecule has 32 heavy (non-hydrogen) atoms. The summed E-state index contributed by atoms with van der Waals surface area (Å²) in [5, 5.41) is 0. The average Bonchev–Trinajstić information content (AvgIpc) is 2.77. The normalized spacial score (nSPS) is 15.4. The van der Waals surface area contributed by atoms with Crippen LogP contribution in [0.2, 0.25) is 0 Å². The molecule has 172 valence electrons. The maximum Gasteiger partial charge on any atom is 0.255 e. The second kappa shape index (κ2) is 9.30. The molecule has 2 amide bonds. The van der Waals surface area contributed by atoms with E-state index < -0.39 is 15.9 Å². The van der Waals surface area contributed by atoms with E-state index in [1.807, 2.05) is 12.1 Å². The van der Waals surface area contributed by atoms with Gasteiger partial charge >= 0.3 is 0 Å². The third-order valence-corrected chi connectivity index (χ3v) is 7.28. The van der Waals surface area contributed by atoms with Gasteiger partial charge in [0.15, 0.2) is 6.61 Å². The lowest BCUT2D eigenvalue weighted by Crippen LogP contribution is -2.50. The monoisotopic (exact) mass is 459 g/mol. The lowest BCUT2D eigenvalue weighted by atomic mass is 9.87. The molecule has 2 aromatic rings. The van der Waals surface area contributed by atoms with Gasteiger partial charge in [0.2, 0.25) is 10.0 Å². The molecule has 0 saturated carbocycles. The smallest absolute Gasteiger partial charge is 0.255 e. The molecule has 1 aliphatic heterocycles. The van der Waals surface area contributed by atoms with Gasteiger partial charge in [-0.3, -0.25) is 9.59 Å². The number of nitrogens with zero attached hydrogens (tertiary/aromatic N) is 2. The van der Waals surface area contributed by atoms with Crippen LogP contribution in [0.25, 0.3) is 0 Å². The molecule has 0 bridgehead atoms. The minimum absolute atomic E-state index is 0.0551. The second-order valence-electron chi connectivity index (χ2n) is 8.75. The Morgan fingerprint density at radius 1 is 0.938 bits per heavy atom. The van der Waals surface area contributed by atoms with Gasteiger partial charge in [-0.15, -0.1) is 0 Å². The van der Waals surface area contributed by atoms with Crippen LogP contribution in [-0.2, 0) is 20.2 Å². The number of piperazine rings is 1. The number of hydrogen-bond donors (Lipinski definition) is 1. The molecule has 0 spiro atoms. The van der Waals surface area contributed by atoms with E-state index in [2.05, 4.69) is 20.8 Å². The number of rotatable bonds is 6. The molecule has 0 aliphatic carbocycles. The minimum Gasteiger partial charge on any atom is -0.484 e. The van der Waals surface area contributed by atoms with E-state index >= 15 is 0 Å². The van der Waals surface area contributed by atoms with Crippen LogP contribution in [0.5, 0.6) is 5.75 Å². The standard InChI is InChI=1S/C23H29N3O5S/c1-23(2,3)18-6-10-20(11-7-18)32(29,30)26-14-12-25(13-15-26)22(28)17-4-8-19(9-5-17)31-16-21(24)27/h4-11H,12-16H2,1-3H3,(H2,24,27). The Balaban J connectivity index is 1.61. The van der Waals surface area contributed by atoms with Crippen LogP contribution in [0.3, 0.4) is 0 Å². The first-order chi connectivity index (χ1) is 15.0. The van der Waals surface area contributed by atoms with Crippen LogP contribution < -0.4 is 10.5 Å². The highest BCUT2D eigenvalue weighted by atomic mass is 32.2. The van der Waals surface area contributed by atoms with Crippen molar-refractivity contribution in [3.63, 3.8) is 0 Å². The van der Waals surface area contributed by atoms with Crippen molar-refractivity contribution >= 4 is 21.8 Å². The summed E-state index contributed by atoms with van der Waals surface area (Å²) in [5.41, 5.74) is 6.52. The van der Waals surface area contributed by atoms with Gasteiger partial charge in [-0.1, -0.05) is 32.9 Å². The van der Waals surface area contributed by atoms with Gasteiger partial charge in [0.05, 0.1) is 4.90 Å². The maximum atomic E-state index is 13.0. The summed E-state index contributed by atoms with van der Waals surface area (Å²) >= 11 is 0. The predicted molar refractivity (Wildman–Crippen MR) is 121 cm³/mol. The average molecular weight is 460 g/mol. The first kappa shape index (κ1) is 23.7. The SMILES string of the molecule is CC(C)(C)c1ccc(S(=O)(=O)N2CCN(C(=O)c3ccc(OCC(N)=O)cc3)CC2)cc1. The van der Waals surface area contributed by atoms with Crippen molar-refractivity contribution in [2.24, 2.45) is 5.73 Å². The quantitative estimate of drug-likeness (QED) is 0.710. The summed E-state index contributed by atoms with van der Waals surface area (Å²) in [6.45, 7) is 7.07. The number of hydrogen-bond acceptors (Lipinski definition) is 5. The van der Waals surface area contributed by atoms with E-state index in [1.54, 1.807) is 41.3 Å². The summed E-state index contributed by atoms with van der Waals surface area (Å²) in [7, 11) is -3.62. The summed E-state index contributed by atoms with van der Waals surface area (Å²) in [5.74, 6) is -0.324. The fourth-order valence-corrected chi connectivity index (χ4v) is 4.86. The summed E-state index contributed by atoms with van der Waals surface area (Å²) in [6, 6.07) is 13.4. The Kier molecular flexibility index (Phi) is 6.90. The molecule has 3 rings (SSSR count). The molecule has 0 atom stereocenters. The molecule has 9 heteroatoms. The fraction of sp³-hybridized carbons (Fsp3) is 0.391. The van der Waals surface area contributed by atoms with E-state index in [9.17, 15) is 18.0 Å². The van der Waals surface area contributed by atoms with Gasteiger partial charge in [-0.2, -0.15) is 4.31 Å². The number of amides is 2. The number of carbonyl (C=O) groups excluding carboxylic acids is 2. The Morgan fingerprint density at radius 2 is 1.50 bits per heavy atom. The summed E-state index contributed by atoms with van der Waals surface area (Å²) in [6.07, 6.45) is 0. The predicted octanol–water partition coefficient (Wildman–Crippen LogP) is 1.99. The van der Waals surface area contributed by atoms with Crippen LogP contribution in [-0.4, -0.2) is 62.2 Å². The summed E-state index contributed by atoms with van der Waals surface area (Å²) < 4.78 is 32.6. The van der Waals surface area contributed by atoms with Crippen molar-refractivity contribution in [2.75, 3.05) is 32.8 Å². The van der Waals surface area contributed by atoms with Gasteiger partial charge in [0.1, 0.15) is 5.75 Å². The van der Waals surface area contributed by atoms with Crippen molar-refractivity contribution in [1.82, 2.24) is 9.21 Å². The first-order valence-electron chi connectivity index (χ1n) is 10.4. The zero-order chi connectivity index (χ0) is 23.5. The highest BCUT2D eigenvalue weighted by Gasteiger charge is 2.30. The van der Waals surface area contributed by atoms with Crippen LogP contribution in [0.15, 0.2) is 53.4 Å². The van der Waals surface area contributed by atoms with Crippen LogP contribution in [0.4, 0.5) is 0 Å². The number of sulfonamides is 1. The molecule has 1 saturated heterocycles. The molecule has 8 nitrogen and oxygen atoms in total. The minimum atomic E-state index is -3.62. The Bertz CT molecular complexity index is 1070. The summed E-state index contributed by atoms with van der Waals surface area (Å²) in [4.78, 5) is 25.5. The fourth-order valence-electron chi connectivity index (χ4n) is 3.44. The van der Waals surface area contributed by atoms with E-state index in [4.69, 9.17) is 10.5 Å². The molecule has 1 fully saturated rings. The van der Waals surface area contributed by atoms with Crippen LogP contribution >= 0.6 is 0 Å². The third-order valence-electron chi connectivity index (χ3n) is 5.37. The molecular formula is C23H29N3O5S. The molecule has 0 radical (unpaired) electrons. The number of nitrogens with two attached hydrogens (primary N) is 1.